The van der Waals surface area contributed by atoms with Crippen molar-refractivity contribution in [1.82, 2.24) is 15.5 Å². The maximum Gasteiger partial charge on any atom is 0.266 e. The smallest absolute Gasteiger partial charge is 0.266 e. The summed E-state index contributed by atoms with van der Waals surface area (Å²) in [6.45, 7) is 2.47. The van der Waals surface area contributed by atoms with E-state index in [0.717, 1.165) is 44.6 Å². The van der Waals surface area contributed by atoms with Crippen LogP contribution in [0.4, 0.5) is 5.69 Å². The van der Waals surface area contributed by atoms with Crippen molar-refractivity contribution < 1.29 is 4.79 Å². The lowest BCUT2D eigenvalue weighted by atomic mass is 9.94. The second-order valence-corrected chi connectivity index (χ2v) is 7.17. The van der Waals surface area contributed by atoms with Gasteiger partial charge in [-0.05, 0) is 50.9 Å². The molecule has 1 aliphatic heterocycles. The fourth-order valence-corrected chi connectivity index (χ4v) is 3.83. The van der Waals surface area contributed by atoms with Crippen molar-refractivity contribution in [2.24, 2.45) is 5.92 Å². The molecule has 1 atom stereocenters. The number of amides is 1. The van der Waals surface area contributed by atoms with Crippen molar-refractivity contribution in [2.75, 3.05) is 24.5 Å². The van der Waals surface area contributed by atoms with Gasteiger partial charge in [0, 0.05) is 32.1 Å². The molecule has 136 valence electrons. The highest BCUT2D eigenvalue weighted by Gasteiger charge is 2.22. The quantitative estimate of drug-likeness (QED) is 0.777. The Balaban J connectivity index is 1.43. The number of allylic oxidation sites excluding steroid dienone is 1. The molecule has 0 bridgehead atoms. The van der Waals surface area contributed by atoms with Crippen LogP contribution >= 0.6 is 0 Å². The summed E-state index contributed by atoms with van der Waals surface area (Å²) in [6, 6.07) is 1.58. The Hall–Kier alpha value is -2.11. The predicted octanol–water partition coefficient (Wildman–Crippen LogP) is 2.38. The Morgan fingerprint density at radius 2 is 2.28 bits per heavy atom. The molecule has 1 aromatic rings. The van der Waals surface area contributed by atoms with E-state index >= 15 is 0 Å². The number of aromatic amines is 1. The zero-order valence-electron chi connectivity index (χ0n) is 14.8. The minimum absolute atomic E-state index is 0.146. The highest BCUT2D eigenvalue weighted by molar-refractivity contribution is 5.76. The van der Waals surface area contributed by atoms with E-state index in [0.29, 0.717) is 12.3 Å². The fraction of sp³-hybridized carbons (Fsp3) is 0.632. The van der Waals surface area contributed by atoms with E-state index in [4.69, 9.17) is 0 Å². The molecule has 0 spiro atoms. The van der Waals surface area contributed by atoms with E-state index in [1.807, 2.05) is 0 Å². The molecule has 6 nitrogen and oxygen atoms in total. The highest BCUT2D eigenvalue weighted by Crippen LogP contribution is 2.24. The second kappa shape index (κ2) is 8.83. The van der Waals surface area contributed by atoms with Crippen LogP contribution in [-0.4, -0.2) is 35.7 Å². The van der Waals surface area contributed by atoms with Crippen LogP contribution in [0.3, 0.4) is 0 Å². The molecule has 0 aromatic carbocycles. The van der Waals surface area contributed by atoms with Crippen molar-refractivity contribution in [3.05, 3.63) is 34.3 Å². The monoisotopic (exact) mass is 344 g/mol. The number of rotatable bonds is 6. The number of piperidine rings is 1. The van der Waals surface area contributed by atoms with E-state index < -0.39 is 0 Å². The van der Waals surface area contributed by atoms with Gasteiger partial charge in [0.05, 0.1) is 11.9 Å². The summed E-state index contributed by atoms with van der Waals surface area (Å²) in [7, 11) is 0. The predicted molar refractivity (Wildman–Crippen MR) is 98.6 cm³/mol. The minimum Gasteiger partial charge on any atom is -0.370 e. The Morgan fingerprint density at radius 1 is 1.36 bits per heavy atom. The van der Waals surface area contributed by atoms with E-state index in [1.165, 1.54) is 31.3 Å². The van der Waals surface area contributed by atoms with Crippen LogP contribution in [0.2, 0.25) is 0 Å². The summed E-state index contributed by atoms with van der Waals surface area (Å²) >= 11 is 0. The molecule has 25 heavy (non-hydrogen) atoms. The van der Waals surface area contributed by atoms with Crippen LogP contribution in [0.25, 0.3) is 0 Å². The van der Waals surface area contributed by atoms with Gasteiger partial charge in [0.25, 0.3) is 5.56 Å². The summed E-state index contributed by atoms with van der Waals surface area (Å²) in [4.78, 5) is 25.8. The Kier molecular flexibility index (Phi) is 6.25. The third-order valence-corrected chi connectivity index (χ3v) is 5.16. The summed E-state index contributed by atoms with van der Waals surface area (Å²) in [5.41, 5.74) is 2.16. The van der Waals surface area contributed by atoms with Crippen LogP contribution in [0.15, 0.2) is 28.7 Å². The van der Waals surface area contributed by atoms with E-state index in [-0.39, 0.29) is 11.5 Å². The van der Waals surface area contributed by atoms with Gasteiger partial charge in [-0.1, -0.05) is 11.6 Å². The first-order valence-electron chi connectivity index (χ1n) is 9.45. The maximum absolute atomic E-state index is 12.2. The number of nitrogens with zero attached hydrogens (tertiary/aromatic N) is 2. The lowest BCUT2D eigenvalue weighted by Crippen LogP contribution is -2.38. The Morgan fingerprint density at radius 3 is 3.08 bits per heavy atom. The summed E-state index contributed by atoms with van der Waals surface area (Å²) in [6.07, 6.45) is 12.6. The number of hydrogen-bond acceptors (Lipinski definition) is 4. The van der Waals surface area contributed by atoms with E-state index in [9.17, 15) is 9.59 Å². The maximum atomic E-state index is 12.2. The van der Waals surface area contributed by atoms with Gasteiger partial charge in [0.1, 0.15) is 0 Å². The van der Waals surface area contributed by atoms with Gasteiger partial charge < -0.3 is 10.2 Å². The summed E-state index contributed by atoms with van der Waals surface area (Å²) < 4.78 is 0. The third-order valence-electron chi connectivity index (χ3n) is 5.16. The molecule has 0 radical (unpaired) electrons. The van der Waals surface area contributed by atoms with Crippen LogP contribution < -0.4 is 15.8 Å². The Bertz CT molecular complexity index is 667. The molecular formula is C19H28N4O2. The van der Waals surface area contributed by atoms with Gasteiger partial charge in [-0.3, -0.25) is 9.59 Å². The number of anilines is 1. The van der Waals surface area contributed by atoms with Gasteiger partial charge in [-0.15, -0.1) is 0 Å². The molecular weight excluding hydrogens is 316 g/mol. The molecule has 2 heterocycles. The molecule has 2 aliphatic rings. The average Bonchev–Trinajstić information content (AvgIpc) is 2.63. The number of aromatic nitrogens is 2. The van der Waals surface area contributed by atoms with Crippen LogP contribution in [0, 0.1) is 5.92 Å². The van der Waals surface area contributed by atoms with E-state index in [1.54, 1.807) is 12.3 Å². The van der Waals surface area contributed by atoms with Gasteiger partial charge in [0.2, 0.25) is 5.91 Å². The number of carbonyl (C=O) groups excluding carboxylic acids is 1. The number of nitrogens with one attached hydrogen (secondary N) is 2. The van der Waals surface area contributed by atoms with E-state index in [2.05, 4.69) is 26.5 Å². The highest BCUT2D eigenvalue weighted by atomic mass is 16.1. The van der Waals surface area contributed by atoms with Gasteiger partial charge >= 0.3 is 0 Å². The number of H-pyrrole nitrogens is 1. The lowest BCUT2D eigenvalue weighted by Gasteiger charge is -2.33. The summed E-state index contributed by atoms with van der Waals surface area (Å²) in [5.74, 6) is 0.481. The van der Waals surface area contributed by atoms with Crippen molar-refractivity contribution in [1.29, 1.82) is 0 Å². The van der Waals surface area contributed by atoms with Crippen molar-refractivity contribution >= 4 is 11.6 Å². The average molecular weight is 344 g/mol. The van der Waals surface area contributed by atoms with Crippen LogP contribution in [0.5, 0.6) is 0 Å². The minimum atomic E-state index is -0.186. The normalized spacial score (nSPS) is 20.9. The molecule has 3 rings (SSSR count). The molecule has 1 amide bonds. The first-order chi connectivity index (χ1) is 12.2. The van der Waals surface area contributed by atoms with Gasteiger partial charge in [-0.2, -0.15) is 5.10 Å². The zero-order chi connectivity index (χ0) is 17.5. The molecule has 1 unspecified atom stereocenters. The van der Waals surface area contributed by atoms with Crippen LogP contribution in [-0.2, 0) is 4.79 Å². The zero-order valence-corrected chi connectivity index (χ0v) is 14.8. The first-order valence-corrected chi connectivity index (χ1v) is 9.45. The van der Waals surface area contributed by atoms with Crippen molar-refractivity contribution in [3.8, 4) is 0 Å². The van der Waals surface area contributed by atoms with Crippen molar-refractivity contribution in [2.45, 2.75) is 51.4 Å². The lowest BCUT2D eigenvalue weighted by molar-refractivity contribution is -0.122. The molecule has 0 saturated carbocycles. The van der Waals surface area contributed by atoms with Gasteiger partial charge in [0.15, 0.2) is 0 Å². The SMILES string of the molecule is O=C(CC1CCCN(c2cn[nH]c(=O)c2)C1)NCCC1=CCCCC1. The molecule has 1 aromatic heterocycles. The number of carbonyl (C=O) groups is 1. The molecule has 1 aliphatic carbocycles. The molecule has 1 fully saturated rings. The van der Waals surface area contributed by atoms with Gasteiger partial charge in [-0.25, -0.2) is 5.10 Å². The molecule has 1 saturated heterocycles. The fourth-order valence-electron chi connectivity index (χ4n) is 3.83. The van der Waals surface area contributed by atoms with Crippen molar-refractivity contribution in [3.63, 3.8) is 0 Å². The number of hydrogen-bond donors (Lipinski definition) is 2. The van der Waals surface area contributed by atoms with Crippen LogP contribution in [0.1, 0.15) is 51.4 Å². The second-order valence-electron chi connectivity index (χ2n) is 7.17. The summed E-state index contributed by atoms with van der Waals surface area (Å²) in [5, 5.41) is 9.35. The topological polar surface area (TPSA) is 78.1 Å². The Labute approximate surface area is 148 Å². The molecule has 6 heteroatoms. The molecule has 2 N–H and O–H groups in total. The largest absolute Gasteiger partial charge is 0.370 e. The first kappa shape index (κ1) is 17.7. The standard InChI is InChI=1S/C19H28N4O2/c24-18(20-9-8-15-5-2-1-3-6-15)11-16-7-4-10-23(14-16)17-12-19(25)22-21-13-17/h5,12-13,16H,1-4,6-11,14H2,(H,20,24)(H,22,25). The third kappa shape index (κ3) is 5.44.